The zero-order valence-electron chi connectivity index (χ0n) is 18.7. The van der Waals surface area contributed by atoms with Crippen LogP contribution in [0, 0.1) is 11.3 Å². The molecule has 2 N–H and O–H groups in total. The van der Waals surface area contributed by atoms with Gasteiger partial charge in [0.05, 0.1) is 33.9 Å². The van der Waals surface area contributed by atoms with Gasteiger partial charge in [0.2, 0.25) is 5.91 Å². The van der Waals surface area contributed by atoms with E-state index >= 15 is 0 Å². The van der Waals surface area contributed by atoms with E-state index in [1.807, 2.05) is 17.5 Å². The lowest BCUT2D eigenvalue weighted by molar-refractivity contribution is -0.138. The number of allylic oxidation sites excluding steroid dienone is 2. The first-order valence-electron chi connectivity index (χ1n) is 10.3. The van der Waals surface area contributed by atoms with E-state index in [9.17, 15) is 19.6 Å². The molecule has 1 aromatic heterocycles. The number of Topliss-reactive ketones (excluding diaryl/α,β-unsaturated/α-hetero) is 1. The van der Waals surface area contributed by atoms with Gasteiger partial charge in [0.15, 0.2) is 5.78 Å². The van der Waals surface area contributed by atoms with Crippen LogP contribution in [-0.2, 0) is 14.3 Å². The average molecular weight is 494 g/mol. The number of nitrogens with zero attached hydrogens (tertiary/aromatic N) is 1. The molecule has 7 nitrogen and oxygen atoms in total. The van der Waals surface area contributed by atoms with Gasteiger partial charge in [-0.05, 0) is 37.4 Å². The van der Waals surface area contributed by atoms with Crippen molar-refractivity contribution in [3.05, 3.63) is 86.7 Å². The average Bonchev–Trinajstić information content (AvgIpc) is 3.35. The van der Waals surface area contributed by atoms with Crippen LogP contribution >= 0.6 is 23.1 Å². The van der Waals surface area contributed by atoms with Crippen molar-refractivity contribution in [1.29, 1.82) is 5.26 Å². The summed E-state index contributed by atoms with van der Waals surface area (Å²) in [6, 6.07) is 12.6. The van der Waals surface area contributed by atoms with Gasteiger partial charge >= 0.3 is 5.97 Å². The summed E-state index contributed by atoms with van der Waals surface area (Å²) in [6.07, 6.45) is 1.48. The third-order valence-corrected chi connectivity index (χ3v) is 6.88. The fourth-order valence-electron chi connectivity index (χ4n) is 3.40. The van der Waals surface area contributed by atoms with Gasteiger partial charge in [0.1, 0.15) is 6.61 Å². The molecule has 1 atom stereocenters. The molecule has 174 valence electrons. The number of nitriles is 1. The Morgan fingerprint density at radius 1 is 1.32 bits per heavy atom. The summed E-state index contributed by atoms with van der Waals surface area (Å²) in [4.78, 5) is 37.8. The zero-order valence-corrected chi connectivity index (χ0v) is 20.3. The van der Waals surface area contributed by atoms with E-state index in [0.717, 1.165) is 4.88 Å². The van der Waals surface area contributed by atoms with Crippen LogP contribution in [0.3, 0.4) is 0 Å². The third-order valence-electron chi connectivity index (χ3n) is 4.93. The highest BCUT2D eigenvalue weighted by Gasteiger charge is 2.36. The fraction of sp³-hybridized carbons (Fsp3) is 0.200. The Balaban J connectivity index is 1.82. The van der Waals surface area contributed by atoms with E-state index in [0.29, 0.717) is 33.1 Å². The van der Waals surface area contributed by atoms with Gasteiger partial charge in [-0.2, -0.15) is 5.26 Å². The lowest BCUT2D eigenvalue weighted by atomic mass is 9.87. The predicted octanol–water partition coefficient (Wildman–Crippen LogP) is 4.75. The summed E-state index contributed by atoms with van der Waals surface area (Å²) in [5, 5.41) is 18.3. The van der Waals surface area contributed by atoms with Crippen molar-refractivity contribution in [3.63, 3.8) is 0 Å². The van der Waals surface area contributed by atoms with Crippen molar-refractivity contribution in [3.8, 4) is 6.07 Å². The topological polar surface area (TPSA) is 108 Å². The molecule has 0 saturated carbocycles. The van der Waals surface area contributed by atoms with Gasteiger partial charge < -0.3 is 15.4 Å². The monoisotopic (exact) mass is 493 g/mol. The van der Waals surface area contributed by atoms with Crippen LogP contribution in [-0.4, -0.2) is 30.0 Å². The lowest BCUT2D eigenvalue weighted by Gasteiger charge is -2.28. The molecule has 1 unspecified atom stereocenters. The quantitative estimate of drug-likeness (QED) is 0.295. The maximum absolute atomic E-state index is 12.8. The van der Waals surface area contributed by atoms with Gasteiger partial charge in [0, 0.05) is 21.8 Å². The molecule has 9 heteroatoms. The number of amides is 1. The van der Waals surface area contributed by atoms with Crippen molar-refractivity contribution in [2.24, 2.45) is 0 Å². The van der Waals surface area contributed by atoms with Crippen molar-refractivity contribution in [2.75, 3.05) is 17.7 Å². The molecule has 0 radical (unpaired) electrons. The molecule has 34 heavy (non-hydrogen) atoms. The Morgan fingerprint density at radius 2 is 2.12 bits per heavy atom. The number of thiophene rings is 1. The summed E-state index contributed by atoms with van der Waals surface area (Å²) in [6.45, 7) is 6.83. The smallest absolute Gasteiger partial charge is 0.337 e. The second kappa shape index (κ2) is 11.5. The highest BCUT2D eigenvalue weighted by molar-refractivity contribution is 8.03. The van der Waals surface area contributed by atoms with Gasteiger partial charge in [-0.25, -0.2) is 4.79 Å². The number of dihydropyridines is 1. The van der Waals surface area contributed by atoms with E-state index < -0.39 is 11.9 Å². The maximum atomic E-state index is 12.8. The number of anilines is 1. The van der Waals surface area contributed by atoms with E-state index in [1.165, 1.54) is 36.1 Å². The minimum Gasteiger partial charge on any atom is -0.458 e. The molecular formula is C25H23N3O4S2. The van der Waals surface area contributed by atoms with Crippen molar-refractivity contribution in [1.82, 2.24) is 5.32 Å². The largest absolute Gasteiger partial charge is 0.458 e. The molecule has 1 aromatic carbocycles. The number of rotatable bonds is 9. The minimum atomic E-state index is -0.596. The van der Waals surface area contributed by atoms with Gasteiger partial charge in [-0.1, -0.05) is 42.6 Å². The molecule has 2 aromatic rings. The SMILES string of the molecule is C=CCOC(=O)C1=C(C)NC(SCC(=O)Nc2cccc(C(C)=O)c2)=C(C#N)C1c1cccs1. The summed E-state index contributed by atoms with van der Waals surface area (Å²) < 4.78 is 5.27. The van der Waals surface area contributed by atoms with Crippen LogP contribution < -0.4 is 10.6 Å². The van der Waals surface area contributed by atoms with E-state index in [1.54, 1.807) is 31.2 Å². The Morgan fingerprint density at radius 3 is 2.76 bits per heavy atom. The molecule has 3 rings (SSSR count). The predicted molar refractivity (Wildman–Crippen MR) is 134 cm³/mol. The number of hydrogen-bond donors (Lipinski definition) is 2. The van der Waals surface area contributed by atoms with Gasteiger partial charge in [-0.15, -0.1) is 11.3 Å². The number of nitrogens with one attached hydrogen (secondary N) is 2. The molecule has 1 aliphatic heterocycles. The maximum Gasteiger partial charge on any atom is 0.337 e. The molecule has 0 bridgehead atoms. The number of ketones is 1. The third kappa shape index (κ3) is 5.84. The van der Waals surface area contributed by atoms with E-state index in [4.69, 9.17) is 4.74 Å². The molecular weight excluding hydrogens is 470 g/mol. The highest BCUT2D eigenvalue weighted by atomic mass is 32.2. The van der Waals surface area contributed by atoms with Crippen LogP contribution in [0.4, 0.5) is 5.69 Å². The molecule has 0 aliphatic carbocycles. The number of thioether (sulfide) groups is 1. The number of carbonyl (C=O) groups is 3. The number of esters is 1. The Hall–Kier alpha value is -3.61. The summed E-state index contributed by atoms with van der Waals surface area (Å²) in [5.74, 6) is -1.48. The summed E-state index contributed by atoms with van der Waals surface area (Å²) >= 11 is 2.61. The summed E-state index contributed by atoms with van der Waals surface area (Å²) in [7, 11) is 0. The lowest BCUT2D eigenvalue weighted by Crippen LogP contribution is -2.29. The molecule has 1 aliphatic rings. The van der Waals surface area contributed by atoms with Crippen molar-refractivity contribution in [2.45, 2.75) is 19.8 Å². The standard InChI is InChI=1S/C25H23N3O4S2/c1-4-10-32-25(31)22-15(2)27-24(19(13-26)23(22)20-9-6-11-33-20)34-14-21(30)28-18-8-5-7-17(12-18)16(3)29/h4-9,11-12,23,27H,1,10,14H2,2-3H3,(H,28,30). The second-order valence-corrected chi connectivity index (χ2v) is 9.29. The molecule has 0 fully saturated rings. The summed E-state index contributed by atoms with van der Waals surface area (Å²) in [5.41, 5.74) is 2.28. The first-order valence-corrected chi connectivity index (χ1v) is 12.2. The number of ether oxygens (including phenoxy) is 1. The van der Waals surface area contributed by atoms with Crippen LogP contribution in [0.2, 0.25) is 0 Å². The first-order chi connectivity index (χ1) is 16.3. The number of hydrogen-bond acceptors (Lipinski definition) is 8. The molecule has 1 amide bonds. The zero-order chi connectivity index (χ0) is 24.7. The second-order valence-electron chi connectivity index (χ2n) is 7.33. The van der Waals surface area contributed by atoms with Crippen molar-refractivity contribution >= 4 is 46.4 Å². The minimum absolute atomic E-state index is 0.0263. The Bertz CT molecular complexity index is 1220. The fourth-order valence-corrected chi connectivity index (χ4v) is 5.14. The Kier molecular flexibility index (Phi) is 8.46. The first kappa shape index (κ1) is 25.0. The molecule has 0 saturated heterocycles. The number of carbonyl (C=O) groups excluding carboxylic acids is 3. The number of benzene rings is 1. The molecule has 2 heterocycles. The van der Waals surface area contributed by atoms with E-state index in [-0.39, 0.29) is 24.1 Å². The van der Waals surface area contributed by atoms with Crippen LogP contribution in [0.1, 0.15) is 35.0 Å². The highest BCUT2D eigenvalue weighted by Crippen LogP contribution is 2.42. The molecule has 0 spiro atoms. The normalized spacial score (nSPS) is 15.3. The Labute approximate surface area is 206 Å². The van der Waals surface area contributed by atoms with Crippen LogP contribution in [0.5, 0.6) is 0 Å². The van der Waals surface area contributed by atoms with Gasteiger partial charge in [-0.3, -0.25) is 9.59 Å². The van der Waals surface area contributed by atoms with E-state index in [2.05, 4.69) is 23.3 Å². The van der Waals surface area contributed by atoms with Crippen LogP contribution in [0.25, 0.3) is 0 Å². The van der Waals surface area contributed by atoms with Gasteiger partial charge in [0.25, 0.3) is 0 Å². The van der Waals surface area contributed by atoms with Crippen molar-refractivity contribution < 1.29 is 19.1 Å². The van der Waals surface area contributed by atoms with Crippen LogP contribution in [0.15, 0.2) is 76.3 Å².